The minimum atomic E-state index is -1.10. The lowest BCUT2D eigenvalue weighted by Gasteiger charge is -2.24. The molecule has 0 radical (unpaired) electrons. The first-order valence-corrected chi connectivity index (χ1v) is 9.16. The normalized spacial score (nSPS) is 14.9. The van der Waals surface area contributed by atoms with E-state index >= 15 is 0 Å². The van der Waals surface area contributed by atoms with E-state index in [0.29, 0.717) is 10.9 Å². The van der Waals surface area contributed by atoms with Crippen LogP contribution < -0.4 is 10.1 Å². The highest BCUT2D eigenvalue weighted by atomic mass is 32.1. The SMILES string of the molecule is CCN1CCc2nc(NC(=O)C(C)(C)Oc3ccc(F)cc3)sc2C1. The highest BCUT2D eigenvalue weighted by Gasteiger charge is 2.31. The van der Waals surface area contributed by atoms with Crippen molar-refractivity contribution in [2.24, 2.45) is 0 Å². The Kier molecular flexibility index (Phi) is 5.06. The van der Waals surface area contributed by atoms with E-state index in [4.69, 9.17) is 4.74 Å². The number of ether oxygens (including phenoxy) is 1. The van der Waals surface area contributed by atoms with Crippen molar-refractivity contribution in [3.05, 3.63) is 40.7 Å². The lowest BCUT2D eigenvalue weighted by atomic mass is 10.1. The van der Waals surface area contributed by atoms with E-state index < -0.39 is 5.60 Å². The maximum atomic E-state index is 13.0. The van der Waals surface area contributed by atoms with Crippen molar-refractivity contribution in [3.8, 4) is 5.75 Å². The number of anilines is 1. The summed E-state index contributed by atoms with van der Waals surface area (Å²) in [5, 5.41) is 3.46. The zero-order valence-electron chi connectivity index (χ0n) is 14.6. The number of hydrogen-bond acceptors (Lipinski definition) is 5. The van der Waals surface area contributed by atoms with Crippen LogP contribution in [0.5, 0.6) is 5.75 Å². The van der Waals surface area contributed by atoms with E-state index in [9.17, 15) is 9.18 Å². The fourth-order valence-electron chi connectivity index (χ4n) is 2.66. The van der Waals surface area contributed by atoms with Crippen molar-refractivity contribution in [1.82, 2.24) is 9.88 Å². The van der Waals surface area contributed by atoms with Crippen molar-refractivity contribution in [3.63, 3.8) is 0 Å². The Morgan fingerprint density at radius 2 is 2.12 bits per heavy atom. The van der Waals surface area contributed by atoms with Gasteiger partial charge in [-0.2, -0.15) is 0 Å². The zero-order valence-corrected chi connectivity index (χ0v) is 15.5. The van der Waals surface area contributed by atoms with Gasteiger partial charge in [-0.15, -0.1) is 11.3 Å². The quantitative estimate of drug-likeness (QED) is 0.884. The van der Waals surface area contributed by atoms with Gasteiger partial charge in [0.1, 0.15) is 11.6 Å². The number of nitrogens with zero attached hydrogens (tertiary/aromatic N) is 2. The first-order chi connectivity index (χ1) is 11.9. The van der Waals surface area contributed by atoms with E-state index in [-0.39, 0.29) is 11.7 Å². The molecule has 1 aromatic heterocycles. The molecule has 2 heterocycles. The van der Waals surface area contributed by atoms with Gasteiger partial charge in [0.2, 0.25) is 0 Å². The number of thiazole rings is 1. The Morgan fingerprint density at radius 3 is 2.80 bits per heavy atom. The van der Waals surface area contributed by atoms with Gasteiger partial charge in [0.15, 0.2) is 10.7 Å². The molecule has 7 heteroatoms. The predicted octanol–water partition coefficient (Wildman–Crippen LogP) is 3.46. The smallest absolute Gasteiger partial charge is 0.269 e. The number of benzene rings is 1. The van der Waals surface area contributed by atoms with Crippen molar-refractivity contribution in [1.29, 1.82) is 0 Å². The van der Waals surface area contributed by atoms with Gasteiger partial charge in [0, 0.05) is 24.4 Å². The summed E-state index contributed by atoms with van der Waals surface area (Å²) in [5.74, 6) is -0.182. The molecule has 3 rings (SSSR count). The van der Waals surface area contributed by atoms with Crippen LogP contribution in [0.25, 0.3) is 0 Å². The molecule has 1 aliphatic heterocycles. The third-order valence-corrected chi connectivity index (χ3v) is 5.21. The van der Waals surface area contributed by atoms with Gasteiger partial charge in [0.05, 0.1) is 5.69 Å². The molecule has 0 saturated heterocycles. The molecule has 5 nitrogen and oxygen atoms in total. The van der Waals surface area contributed by atoms with Crippen molar-refractivity contribution in [2.45, 2.75) is 39.3 Å². The molecule has 0 bridgehead atoms. The number of fused-ring (bicyclic) bond motifs is 1. The first kappa shape index (κ1) is 17.8. The number of rotatable bonds is 5. The Morgan fingerprint density at radius 1 is 1.40 bits per heavy atom. The molecule has 0 atom stereocenters. The van der Waals surface area contributed by atoms with Crippen LogP contribution in [0.3, 0.4) is 0 Å². The van der Waals surface area contributed by atoms with E-state index in [0.717, 1.165) is 31.7 Å². The first-order valence-electron chi connectivity index (χ1n) is 8.34. The molecular weight excluding hydrogens is 341 g/mol. The standard InChI is InChI=1S/C18H22FN3O2S/c1-4-22-10-9-14-15(11-22)25-17(20-14)21-16(23)18(2,3)24-13-7-5-12(19)6-8-13/h5-8H,4,9-11H2,1-3H3,(H,20,21,23). The molecule has 1 amide bonds. The average Bonchev–Trinajstić information content (AvgIpc) is 2.97. The van der Waals surface area contributed by atoms with Crippen LogP contribution in [0.1, 0.15) is 31.3 Å². The van der Waals surface area contributed by atoms with Crippen molar-refractivity contribution >= 4 is 22.4 Å². The number of hydrogen-bond donors (Lipinski definition) is 1. The minimum Gasteiger partial charge on any atom is -0.478 e. The maximum Gasteiger partial charge on any atom is 0.269 e. The molecule has 25 heavy (non-hydrogen) atoms. The number of carbonyl (C=O) groups is 1. The number of carbonyl (C=O) groups excluding carboxylic acids is 1. The second kappa shape index (κ2) is 7.09. The molecular formula is C18H22FN3O2S. The topological polar surface area (TPSA) is 54.5 Å². The van der Waals surface area contributed by atoms with Crippen LogP contribution in [0.15, 0.2) is 24.3 Å². The Labute approximate surface area is 150 Å². The van der Waals surface area contributed by atoms with Gasteiger partial charge in [-0.3, -0.25) is 15.0 Å². The number of aromatic nitrogens is 1. The van der Waals surface area contributed by atoms with Crippen molar-refractivity contribution < 1.29 is 13.9 Å². The Bertz CT molecular complexity index is 758. The highest BCUT2D eigenvalue weighted by Crippen LogP contribution is 2.29. The molecule has 1 aliphatic rings. The third kappa shape index (κ3) is 4.16. The molecule has 0 fully saturated rings. The molecule has 0 spiro atoms. The molecule has 2 aromatic rings. The number of likely N-dealkylation sites (N-methyl/N-ethyl adjacent to an activating group) is 1. The van der Waals surface area contributed by atoms with Crippen LogP contribution >= 0.6 is 11.3 Å². The number of nitrogens with one attached hydrogen (secondary N) is 1. The van der Waals surface area contributed by atoms with Gasteiger partial charge < -0.3 is 4.74 Å². The minimum absolute atomic E-state index is 0.282. The van der Waals surface area contributed by atoms with Crippen LogP contribution in [-0.4, -0.2) is 34.5 Å². The summed E-state index contributed by atoms with van der Waals surface area (Å²) < 4.78 is 18.7. The number of halogens is 1. The summed E-state index contributed by atoms with van der Waals surface area (Å²) in [6, 6.07) is 5.62. The van der Waals surface area contributed by atoms with Crippen LogP contribution in [0, 0.1) is 5.82 Å². The average molecular weight is 363 g/mol. The summed E-state index contributed by atoms with van der Waals surface area (Å²) in [6.07, 6.45) is 0.908. The van der Waals surface area contributed by atoms with Crippen LogP contribution in [0.2, 0.25) is 0 Å². The molecule has 1 N–H and O–H groups in total. The molecule has 1 aromatic carbocycles. The second-order valence-corrected chi connectivity index (χ2v) is 7.61. The maximum absolute atomic E-state index is 13.0. The van der Waals surface area contributed by atoms with Gasteiger partial charge in [-0.05, 0) is 44.7 Å². The molecule has 0 saturated carbocycles. The van der Waals surface area contributed by atoms with E-state index in [1.165, 1.54) is 40.5 Å². The predicted molar refractivity (Wildman–Crippen MR) is 96.5 cm³/mol. The van der Waals surface area contributed by atoms with Gasteiger partial charge in [-0.25, -0.2) is 9.37 Å². The van der Waals surface area contributed by atoms with Gasteiger partial charge in [0.25, 0.3) is 5.91 Å². The van der Waals surface area contributed by atoms with E-state index in [1.54, 1.807) is 13.8 Å². The lowest BCUT2D eigenvalue weighted by Crippen LogP contribution is -2.42. The summed E-state index contributed by atoms with van der Waals surface area (Å²) in [6.45, 7) is 8.40. The van der Waals surface area contributed by atoms with Crippen LogP contribution in [-0.2, 0) is 17.8 Å². The fourth-order valence-corrected chi connectivity index (χ4v) is 3.71. The summed E-state index contributed by atoms with van der Waals surface area (Å²) in [5.41, 5.74) is -0.0262. The lowest BCUT2D eigenvalue weighted by molar-refractivity contribution is -0.128. The fraction of sp³-hybridized carbons (Fsp3) is 0.444. The van der Waals surface area contributed by atoms with Crippen LogP contribution in [0.4, 0.5) is 9.52 Å². The molecule has 134 valence electrons. The Balaban J connectivity index is 1.67. The number of amides is 1. The second-order valence-electron chi connectivity index (χ2n) is 6.53. The van der Waals surface area contributed by atoms with Gasteiger partial charge >= 0.3 is 0 Å². The summed E-state index contributed by atoms with van der Waals surface area (Å²) >= 11 is 1.52. The summed E-state index contributed by atoms with van der Waals surface area (Å²) in [4.78, 5) is 20.7. The third-order valence-electron chi connectivity index (χ3n) is 4.21. The Hall–Kier alpha value is -1.99. The van der Waals surface area contributed by atoms with Crippen molar-refractivity contribution in [2.75, 3.05) is 18.4 Å². The summed E-state index contributed by atoms with van der Waals surface area (Å²) in [7, 11) is 0. The largest absolute Gasteiger partial charge is 0.478 e. The van der Waals surface area contributed by atoms with Gasteiger partial charge in [-0.1, -0.05) is 6.92 Å². The monoisotopic (exact) mass is 363 g/mol. The van der Waals surface area contributed by atoms with E-state index in [1.807, 2.05) is 0 Å². The van der Waals surface area contributed by atoms with E-state index in [2.05, 4.69) is 22.1 Å². The molecule has 0 aliphatic carbocycles. The zero-order chi connectivity index (χ0) is 18.0. The highest BCUT2D eigenvalue weighted by molar-refractivity contribution is 7.15. The molecule has 0 unspecified atom stereocenters.